The van der Waals surface area contributed by atoms with Crippen LogP contribution in [0.1, 0.15) is 75.8 Å². The lowest BCUT2D eigenvalue weighted by Crippen LogP contribution is -2.51. The average molecular weight is 462 g/mol. The summed E-state index contributed by atoms with van der Waals surface area (Å²) in [6, 6.07) is 3.99. The van der Waals surface area contributed by atoms with Gasteiger partial charge in [0.1, 0.15) is 11.4 Å². The lowest BCUT2D eigenvalue weighted by Gasteiger charge is -2.53. The molecule has 0 saturated heterocycles. The SMILES string of the molecule is CC#C[C@]1(O)CC[C@H]2[C@@H]3CCC4=CC(=O)CCC4=C3[C@@H](c3ccc(N(C)C)c(C)c3F)C[C@@]21C. The zero-order chi connectivity index (χ0) is 24.4. The summed E-state index contributed by atoms with van der Waals surface area (Å²) in [5.74, 6) is 6.73. The van der Waals surface area contributed by atoms with Crippen LogP contribution in [0.2, 0.25) is 0 Å². The van der Waals surface area contributed by atoms with Crippen LogP contribution in [0, 0.1) is 41.8 Å². The standard InChI is InChI=1S/C30H36FNO2/c1-6-14-30(34)15-13-25-23-9-7-19-16-20(33)8-10-21(19)27(23)24(17-29(25,30)3)22-11-12-26(32(4)5)18(2)28(22)31/h11-12,16,23-25,34H,7-10,13,15,17H2,1-5H3/t23-,24+,25-,29-,30-/m0/s1. The molecule has 0 unspecified atom stereocenters. The van der Waals surface area contributed by atoms with Crippen LogP contribution in [0.25, 0.3) is 0 Å². The Morgan fingerprint density at radius 1 is 1.18 bits per heavy atom. The van der Waals surface area contributed by atoms with Gasteiger partial charge in [-0.2, -0.15) is 0 Å². The predicted molar refractivity (Wildman–Crippen MR) is 134 cm³/mol. The number of anilines is 1. The minimum Gasteiger partial charge on any atom is -0.377 e. The fraction of sp³-hybridized carbons (Fsp3) is 0.567. The van der Waals surface area contributed by atoms with E-state index in [2.05, 4.69) is 18.8 Å². The number of hydrogen-bond acceptors (Lipinski definition) is 3. The molecule has 0 aromatic heterocycles. The van der Waals surface area contributed by atoms with E-state index in [9.17, 15) is 9.90 Å². The van der Waals surface area contributed by atoms with Gasteiger partial charge in [0.15, 0.2) is 5.78 Å². The highest BCUT2D eigenvalue weighted by Crippen LogP contribution is 2.66. The van der Waals surface area contributed by atoms with Crippen molar-refractivity contribution in [3.8, 4) is 11.8 Å². The van der Waals surface area contributed by atoms with Crippen molar-refractivity contribution in [2.75, 3.05) is 19.0 Å². The van der Waals surface area contributed by atoms with Gasteiger partial charge < -0.3 is 10.0 Å². The van der Waals surface area contributed by atoms with Gasteiger partial charge in [-0.25, -0.2) is 4.39 Å². The van der Waals surface area contributed by atoms with E-state index in [1.165, 1.54) is 16.7 Å². The first-order chi connectivity index (χ1) is 16.1. The minimum absolute atomic E-state index is 0.114. The molecule has 0 amide bonds. The Labute approximate surface area is 203 Å². The first-order valence-corrected chi connectivity index (χ1v) is 12.7. The van der Waals surface area contributed by atoms with Crippen LogP contribution in [0.15, 0.2) is 34.9 Å². The summed E-state index contributed by atoms with van der Waals surface area (Å²) in [5.41, 5.74) is 4.64. The molecular weight excluding hydrogens is 425 g/mol. The van der Waals surface area contributed by atoms with Crippen LogP contribution in [0.4, 0.5) is 10.1 Å². The van der Waals surface area contributed by atoms with Crippen LogP contribution in [0.5, 0.6) is 0 Å². The van der Waals surface area contributed by atoms with Crippen molar-refractivity contribution in [3.05, 3.63) is 51.9 Å². The van der Waals surface area contributed by atoms with Crippen molar-refractivity contribution in [2.24, 2.45) is 17.3 Å². The quantitative estimate of drug-likeness (QED) is 0.562. The number of fused-ring (bicyclic) bond motifs is 4. The average Bonchev–Trinajstić information content (AvgIpc) is 3.05. The molecule has 2 saturated carbocycles. The summed E-state index contributed by atoms with van der Waals surface area (Å²) < 4.78 is 16.1. The van der Waals surface area contributed by atoms with Crippen molar-refractivity contribution in [3.63, 3.8) is 0 Å². The molecule has 5 rings (SSSR count). The van der Waals surface area contributed by atoms with Gasteiger partial charge in [0, 0.05) is 43.1 Å². The van der Waals surface area contributed by atoms with Crippen molar-refractivity contribution in [1.82, 2.24) is 0 Å². The predicted octanol–water partition coefficient (Wildman–Crippen LogP) is 5.85. The van der Waals surface area contributed by atoms with Gasteiger partial charge in [-0.1, -0.05) is 24.5 Å². The minimum atomic E-state index is -1.05. The number of carbonyl (C=O) groups is 1. The Bertz CT molecular complexity index is 1180. The second kappa shape index (κ2) is 8.09. The molecule has 5 atom stereocenters. The Hall–Kier alpha value is -2.38. The van der Waals surface area contributed by atoms with Crippen LogP contribution >= 0.6 is 0 Å². The molecule has 1 N–H and O–H groups in total. The van der Waals surface area contributed by atoms with E-state index in [-0.39, 0.29) is 17.5 Å². The van der Waals surface area contributed by atoms with E-state index < -0.39 is 11.0 Å². The molecular formula is C30H36FNO2. The lowest BCUT2D eigenvalue weighted by atomic mass is 9.51. The summed E-state index contributed by atoms with van der Waals surface area (Å²) in [4.78, 5) is 14.2. The Morgan fingerprint density at radius 3 is 2.65 bits per heavy atom. The molecule has 4 aliphatic carbocycles. The summed E-state index contributed by atoms with van der Waals surface area (Å²) in [5, 5.41) is 11.8. The lowest BCUT2D eigenvalue weighted by molar-refractivity contribution is -0.114. The zero-order valence-electron chi connectivity index (χ0n) is 21.1. The summed E-state index contributed by atoms with van der Waals surface area (Å²) in [6.07, 6.45) is 7.28. The molecule has 0 radical (unpaired) electrons. The highest BCUT2D eigenvalue weighted by molar-refractivity contribution is 5.93. The van der Waals surface area contributed by atoms with Crippen LogP contribution in [-0.4, -0.2) is 30.6 Å². The largest absolute Gasteiger partial charge is 0.377 e. The van der Waals surface area contributed by atoms with Crippen molar-refractivity contribution >= 4 is 11.5 Å². The fourth-order valence-corrected chi connectivity index (χ4v) is 7.81. The highest BCUT2D eigenvalue weighted by Gasteiger charge is 2.62. The van der Waals surface area contributed by atoms with Crippen LogP contribution < -0.4 is 4.90 Å². The number of carbonyl (C=O) groups excluding carboxylic acids is 1. The van der Waals surface area contributed by atoms with Crippen molar-refractivity contribution < 1.29 is 14.3 Å². The molecule has 34 heavy (non-hydrogen) atoms. The van der Waals surface area contributed by atoms with Gasteiger partial charge in [-0.3, -0.25) is 4.79 Å². The maximum atomic E-state index is 16.1. The Kier molecular flexibility index (Phi) is 5.56. The van der Waals surface area contributed by atoms with E-state index in [0.717, 1.165) is 36.9 Å². The van der Waals surface area contributed by atoms with E-state index in [4.69, 9.17) is 0 Å². The van der Waals surface area contributed by atoms with E-state index >= 15 is 4.39 Å². The molecule has 4 aliphatic rings. The molecule has 0 aliphatic heterocycles. The van der Waals surface area contributed by atoms with Crippen LogP contribution in [-0.2, 0) is 4.79 Å². The molecule has 1 aromatic rings. The monoisotopic (exact) mass is 461 g/mol. The second-order valence-corrected chi connectivity index (χ2v) is 11.3. The molecule has 1 aromatic carbocycles. The Morgan fingerprint density at radius 2 is 1.94 bits per heavy atom. The normalized spacial score (nSPS) is 34.5. The fourth-order valence-electron chi connectivity index (χ4n) is 7.81. The van der Waals surface area contributed by atoms with Crippen molar-refractivity contribution in [2.45, 2.75) is 77.2 Å². The summed E-state index contributed by atoms with van der Waals surface area (Å²) in [6.45, 7) is 5.84. The second-order valence-electron chi connectivity index (χ2n) is 11.3. The van der Waals surface area contributed by atoms with Gasteiger partial charge in [0.2, 0.25) is 0 Å². The maximum absolute atomic E-state index is 16.1. The van der Waals surface area contributed by atoms with E-state index in [1.807, 2.05) is 44.1 Å². The third-order valence-electron chi connectivity index (χ3n) is 9.46. The molecule has 2 fully saturated rings. The molecule has 0 spiro atoms. The molecule has 3 nitrogen and oxygen atoms in total. The summed E-state index contributed by atoms with van der Waals surface area (Å²) in [7, 11) is 3.88. The number of halogens is 1. The zero-order valence-corrected chi connectivity index (χ0v) is 21.1. The first kappa shape index (κ1) is 23.4. The number of rotatable bonds is 2. The molecule has 180 valence electrons. The van der Waals surface area contributed by atoms with Gasteiger partial charge in [0.25, 0.3) is 0 Å². The smallest absolute Gasteiger partial charge is 0.156 e. The van der Waals surface area contributed by atoms with Crippen LogP contribution in [0.3, 0.4) is 0 Å². The van der Waals surface area contributed by atoms with Crippen molar-refractivity contribution in [1.29, 1.82) is 0 Å². The van der Waals surface area contributed by atoms with E-state index in [1.54, 1.807) is 6.92 Å². The molecule has 4 heteroatoms. The number of benzene rings is 1. The van der Waals surface area contributed by atoms with Gasteiger partial charge >= 0.3 is 0 Å². The molecule has 0 heterocycles. The third-order valence-corrected chi connectivity index (χ3v) is 9.46. The molecule has 0 bridgehead atoms. The van der Waals surface area contributed by atoms with Gasteiger partial charge in [0.05, 0.1) is 0 Å². The number of ketones is 1. The first-order valence-electron chi connectivity index (χ1n) is 12.7. The topological polar surface area (TPSA) is 40.5 Å². The van der Waals surface area contributed by atoms with E-state index in [0.29, 0.717) is 36.7 Å². The number of allylic oxidation sites excluding steroid dienone is 4. The Balaban J connectivity index is 1.73. The number of hydrogen-bond donors (Lipinski definition) is 1. The van der Waals surface area contributed by atoms with Gasteiger partial charge in [-0.05, 0) is 93.1 Å². The third kappa shape index (κ3) is 3.23. The van der Waals surface area contributed by atoms with Gasteiger partial charge in [-0.15, -0.1) is 5.92 Å². The summed E-state index contributed by atoms with van der Waals surface area (Å²) >= 11 is 0. The number of aliphatic hydroxyl groups is 1. The number of nitrogens with zero attached hydrogens (tertiary/aromatic N) is 1. The maximum Gasteiger partial charge on any atom is 0.156 e. The highest BCUT2D eigenvalue weighted by atomic mass is 19.1.